The molecule has 7 heteroatoms. The lowest BCUT2D eigenvalue weighted by Gasteiger charge is -2.21. The first kappa shape index (κ1) is 23.5. The normalized spacial score (nSPS) is 17.3. The molecular weight excluding hydrogens is 465 g/mol. The molecule has 1 unspecified atom stereocenters. The zero-order valence-electron chi connectivity index (χ0n) is 15.7. The van der Waals surface area contributed by atoms with Crippen LogP contribution in [0.15, 0.2) is 29.3 Å². The topological polar surface area (TPSA) is 46.1 Å². The second-order valence-corrected chi connectivity index (χ2v) is 6.72. The van der Waals surface area contributed by atoms with Gasteiger partial charge in [-0.3, -0.25) is 4.99 Å². The van der Waals surface area contributed by atoms with E-state index < -0.39 is 0 Å². The highest BCUT2D eigenvalue weighted by Gasteiger charge is 2.24. The van der Waals surface area contributed by atoms with Gasteiger partial charge < -0.3 is 19.7 Å². The molecule has 1 atom stereocenters. The number of nitrogens with one attached hydrogen (secondary N) is 1. The first-order valence-electron chi connectivity index (χ1n) is 9.07. The minimum absolute atomic E-state index is 0. The van der Waals surface area contributed by atoms with Gasteiger partial charge in [-0.05, 0) is 37.5 Å². The average molecular weight is 496 g/mol. The van der Waals surface area contributed by atoms with Gasteiger partial charge in [0.05, 0.1) is 19.8 Å². The zero-order chi connectivity index (χ0) is 17.9. The average Bonchev–Trinajstić information content (AvgIpc) is 3.07. The first-order valence-corrected chi connectivity index (χ1v) is 9.45. The van der Waals surface area contributed by atoms with Gasteiger partial charge in [-0.2, -0.15) is 0 Å². The van der Waals surface area contributed by atoms with Crippen LogP contribution in [0.4, 0.5) is 0 Å². The van der Waals surface area contributed by atoms with Crippen molar-refractivity contribution in [3.8, 4) is 0 Å². The predicted octanol–water partition coefficient (Wildman–Crippen LogP) is 3.45. The second kappa shape index (κ2) is 13.6. The summed E-state index contributed by atoms with van der Waals surface area (Å²) in [6.07, 6.45) is 2.04. The fraction of sp³-hybridized carbons (Fsp3) is 0.632. The molecule has 1 aliphatic heterocycles. The monoisotopic (exact) mass is 495 g/mol. The van der Waals surface area contributed by atoms with Crippen LogP contribution in [0.25, 0.3) is 0 Å². The Balaban J connectivity index is 0.00000338. The van der Waals surface area contributed by atoms with E-state index in [-0.39, 0.29) is 24.0 Å². The molecule has 148 valence electrons. The maximum Gasteiger partial charge on any atom is 0.193 e. The van der Waals surface area contributed by atoms with Crippen molar-refractivity contribution in [3.63, 3.8) is 0 Å². The van der Waals surface area contributed by atoms with E-state index in [2.05, 4.69) is 23.2 Å². The van der Waals surface area contributed by atoms with Crippen molar-refractivity contribution in [3.05, 3.63) is 34.9 Å². The standard InChI is InChI=1S/C19H30ClN3O2.HI/c1-3-21-19(22-9-7-16-5-4-6-18(20)13-16)23-10-8-17(14-23)15-25-12-11-24-2;/h4-6,13,17H,3,7-12,14-15H2,1-2H3,(H,21,22);1H. The summed E-state index contributed by atoms with van der Waals surface area (Å²) in [6.45, 7) is 7.88. The molecule has 1 aromatic rings. The van der Waals surface area contributed by atoms with Crippen LogP contribution in [0.5, 0.6) is 0 Å². The lowest BCUT2D eigenvalue weighted by Crippen LogP contribution is -2.40. The van der Waals surface area contributed by atoms with Crippen molar-refractivity contribution >= 4 is 41.5 Å². The molecule has 0 bridgehead atoms. The van der Waals surface area contributed by atoms with Gasteiger partial charge in [0.1, 0.15) is 0 Å². The van der Waals surface area contributed by atoms with Crippen LogP contribution in [0, 0.1) is 5.92 Å². The van der Waals surface area contributed by atoms with E-state index in [9.17, 15) is 0 Å². The van der Waals surface area contributed by atoms with Crippen molar-refractivity contribution in [2.75, 3.05) is 53.1 Å². The molecule has 1 saturated heterocycles. The van der Waals surface area contributed by atoms with Crippen LogP contribution in [0.1, 0.15) is 18.9 Å². The first-order chi connectivity index (χ1) is 12.2. The number of hydrogen-bond acceptors (Lipinski definition) is 3. The van der Waals surface area contributed by atoms with Crippen LogP contribution in [0.2, 0.25) is 5.02 Å². The molecule has 1 heterocycles. The highest BCUT2D eigenvalue weighted by Crippen LogP contribution is 2.17. The molecule has 1 fully saturated rings. The van der Waals surface area contributed by atoms with Crippen LogP contribution in [-0.2, 0) is 15.9 Å². The number of nitrogens with zero attached hydrogens (tertiary/aromatic N) is 2. The number of methoxy groups -OCH3 is 1. The summed E-state index contributed by atoms with van der Waals surface area (Å²) in [5, 5.41) is 4.19. The summed E-state index contributed by atoms with van der Waals surface area (Å²) >= 11 is 6.04. The van der Waals surface area contributed by atoms with E-state index in [1.165, 1.54) is 5.56 Å². The number of aliphatic imine (C=N–C) groups is 1. The fourth-order valence-electron chi connectivity index (χ4n) is 2.96. The molecule has 26 heavy (non-hydrogen) atoms. The molecule has 0 saturated carbocycles. The van der Waals surface area contributed by atoms with Gasteiger partial charge in [0.25, 0.3) is 0 Å². The van der Waals surface area contributed by atoms with E-state index in [1.807, 2.05) is 18.2 Å². The molecule has 0 spiro atoms. The Morgan fingerprint density at radius 1 is 1.38 bits per heavy atom. The van der Waals surface area contributed by atoms with E-state index in [0.29, 0.717) is 19.1 Å². The molecule has 0 aromatic heterocycles. The number of likely N-dealkylation sites (tertiary alicyclic amines) is 1. The number of ether oxygens (including phenoxy) is 2. The van der Waals surface area contributed by atoms with Crippen molar-refractivity contribution in [2.45, 2.75) is 19.8 Å². The van der Waals surface area contributed by atoms with Crippen molar-refractivity contribution in [2.24, 2.45) is 10.9 Å². The summed E-state index contributed by atoms with van der Waals surface area (Å²) in [5.74, 6) is 1.57. The lowest BCUT2D eigenvalue weighted by molar-refractivity contribution is 0.0536. The quantitative estimate of drug-likeness (QED) is 0.247. The molecule has 5 nitrogen and oxygen atoms in total. The Hall–Kier alpha value is -0.570. The minimum Gasteiger partial charge on any atom is -0.382 e. The summed E-state index contributed by atoms with van der Waals surface area (Å²) in [4.78, 5) is 7.13. The van der Waals surface area contributed by atoms with E-state index in [1.54, 1.807) is 7.11 Å². The predicted molar refractivity (Wildman–Crippen MR) is 119 cm³/mol. The van der Waals surface area contributed by atoms with Gasteiger partial charge >= 0.3 is 0 Å². The Morgan fingerprint density at radius 3 is 2.96 bits per heavy atom. The number of benzene rings is 1. The van der Waals surface area contributed by atoms with Crippen molar-refractivity contribution in [1.29, 1.82) is 0 Å². The third kappa shape index (κ3) is 8.41. The molecule has 2 rings (SSSR count). The lowest BCUT2D eigenvalue weighted by atomic mass is 10.1. The van der Waals surface area contributed by atoms with Gasteiger partial charge in [0, 0.05) is 44.2 Å². The van der Waals surface area contributed by atoms with Crippen LogP contribution >= 0.6 is 35.6 Å². The summed E-state index contributed by atoms with van der Waals surface area (Å²) in [7, 11) is 1.70. The zero-order valence-corrected chi connectivity index (χ0v) is 18.8. The molecule has 1 aliphatic rings. The number of halogens is 2. The summed E-state index contributed by atoms with van der Waals surface area (Å²) in [6, 6.07) is 7.99. The number of hydrogen-bond donors (Lipinski definition) is 1. The number of guanidine groups is 1. The second-order valence-electron chi connectivity index (χ2n) is 6.28. The molecule has 0 aliphatic carbocycles. The van der Waals surface area contributed by atoms with Gasteiger partial charge in [-0.15, -0.1) is 24.0 Å². The Labute approximate surface area is 179 Å². The van der Waals surface area contributed by atoms with E-state index in [4.69, 9.17) is 26.1 Å². The smallest absolute Gasteiger partial charge is 0.193 e. The van der Waals surface area contributed by atoms with Crippen molar-refractivity contribution in [1.82, 2.24) is 10.2 Å². The highest BCUT2D eigenvalue weighted by molar-refractivity contribution is 14.0. The third-order valence-corrected chi connectivity index (χ3v) is 4.49. The van der Waals surface area contributed by atoms with Crippen LogP contribution < -0.4 is 5.32 Å². The third-order valence-electron chi connectivity index (χ3n) is 4.26. The fourth-order valence-corrected chi connectivity index (χ4v) is 3.18. The van der Waals surface area contributed by atoms with Gasteiger partial charge in [-0.1, -0.05) is 23.7 Å². The van der Waals surface area contributed by atoms with E-state index in [0.717, 1.165) is 56.6 Å². The van der Waals surface area contributed by atoms with E-state index >= 15 is 0 Å². The van der Waals surface area contributed by atoms with Gasteiger partial charge in [0.15, 0.2) is 5.96 Å². The van der Waals surface area contributed by atoms with Crippen LogP contribution in [0.3, 0.4) is 0 Å². The molecular formula is C19H31ClIN3O2. The maximum atomic E-state index is 6.04. The Bertz CT molecular complexity index is 545. The minimum atomic E-state index is 0. The molecule has 0 amide bonds. The highest BCUT2D eigenvalue weighted by atomic mass is 127. The number of rotatable bonds is 9. The Morgan fingerprint density at radius 2 is 2.23 bits per heavy atom. The maximum absolute atomic E-state index is 6.04. The largest absolute Gasteiger partial charge is 0.382 e. The molecule has 0 radical (unpaired) electrons. The Kier molecular flexibility index (Phi) is 12.3. The van der Waals surface area contributed by atoms with Gasteiger partial charge in [0.2, 0.25) is 0 Å². The summed E-state index contributed by atoms with van der Waals surface area (Å²) < 4.78 is 10.7. The van der Waals surface area contributed by atoms with Crippen molar-refractivity contribution < 1.29 is 9.47 Å². The SMILES string of the molecule is CCNC(=NCCc1cccc(Cl)c1)N1CCC(COCCOC)C1.I. The van der Waals surface area contributed by atoms with Gasteiger partial charge in [-0.25, -0.2) is 0 Å². The molecule has 1 aromatic carbocycles. The van der Waals surface area contributed by atoms with Crippen LogP contribution in [-0.4, -0.2) is 64.0 Å². The molecule has 1 N–H and O–H groups in total. The summed E-state index contributed by atoms with van der Waals surface area (Å²) in [5.41, 5.74) is 1.22.